The average Bonchev–Trinajstić information content (AvgIpc) is 2.79. The molecule has 20 heavy (non-hydrogen) atoms. The summed E-state index contributed by atoms with van der Waals surface area (Å²) in [5.41, 5.74) is 1.63. The van der Waals surface area contributed by atoms with Crippen LogP contribution in [0.3, 0.4) is 0 Å². The predicted octanol–water partition coefficient (Wildman–Crippen LogP) is 4.77. The largest absolute Gasteiger partial charge is 0.310 e. The van der Waals surface area contributed by atoms with Gasteiger partial charge in [-0.25, -0.2) is 9.37 Å². The molecule has 0 atom stereocenters. The lowest BCUT2D eigenvalue weighted by atomic mass is 10.2. The van der Waals surface area contributed by atoms with Crippen molar-refractivity contribution in [3.05, 3.63) is 39.1 Å². The number of aryl methyl sites for hydroxylation is 1. The molecular formula is C15H18BrFN2S. The van der Waals surface area contributed by atoms with Crippen molar-refractivity contribution in [3.8, 4) is 10.6 Å². The van der Waals surface area contributed by atoms with Gasteiger partial charge in [-0.1, -0.05) is 36.7 Å². The van der Waals surface area contributed by atoms with E-state index in [2.05, 4.69) is 47.0 Å². The number of hydrogen-bond acceptors (Lipinski definition) is 3. The van der Waals surface area contributed by atoms with Crippen LogP contribution >= 0.6 is 27.3 Å². The number of thiazole rings is 1. The zero-order valence-electron chi connectivity index (χ0n) is 11.8. The Labute approximate surface area is 131 Å². The lowest BCUT2D eigenvalue weighted by Crippen LogP contribution is -2.21. The molecule has 0 aliphatic rings. The van der Waals surface area contributed by atoms with Crippen molar-refractivity contribution in [2.45, 2.75) is 39.8 Å². The van der Waals surface area contributed by atoms with Crippen LogP contribution in [0.25, 0.3) is 10.6 Å². The highest BCUT2D eigenvalue weighted by Gasteiger charge is 2.14. The van der Waals surface area contributed by atoms with Gasteiger partial charge in [0.1, 0.15) is 10.8 Å². The molecular weight excluding hydrogens is 339 g/mol. The van der Waals surface area contributed by atoms with Crippen molar-refractivity contribution in [1.82, 2.24) is 10.3 Å². The molecule has 0 bridgehead atoms. The molecule has 0 amide bonds. The third kappa shape index (κ3) is 3.65. The summed E-state index contributed by atoms with van der Waals surface area (Å²) < 4.78 is 14.8. The Bertz CT molecular complexity index is 596. The van der Waals surface area contributed by atoms with Crippen LogP contribution in [0, 0.1) is 5.82 Å². The van der Waals surface area contributed by atoms with Crippen LogP contribution in [-0.2, 0) is 13.0 Å². The second-order valence-corrected chi connectivity index (χ2v) is 6.90. The molecule has 2 aromatic rings. The lowest BCUT2D eigenvalue weighted by molar-refractivity contribution is 0.590. The van der Waals surface area contributed by atoms with E-state index in [9.17, 15) is 4.39 Å². The summed E-state index contributed by atoms with van der Waals surface area (Å²) in [6.45, 7) is 7.09. The fourth-order valence-corrected chi connectivity index (χ4v) is 3.33. The Morgan fingerprint density at radius 1 is 1.40 bits per heavy atom. The van der Waals surface area contributed by atoms with Gasteiger partial charge in [0.15, 0.2) is 0 Å². The maximum atomic E-state index is 14.0. The van der Waals surface area contributed by atoms with Crippen molar-refractivity contribution in [1.29, 1.82) is 0 Å². The average molecular weight is 357 g/mol. The molecule has 1 aromatic carbocycles. The first-order valence-electron chi connectivity index (χ1n) is 6.68. The Kier molecular flexibility index (Phi) is 5.29. The van der Waals surface area contributed by atoms with E-state index >= 15 is 0 Å². The molecule has 108 valence electrons. The fourth-order valence-electron chi connectivity index (χ4n) is 1.87. The van der Waals surface area contributed by atoms with Crippen molar-refractivity contribution in [2.24, 2.45) is 0 Å². The van der Waals surface area contributed by atoms with Gasteiger partial charge in [0.25, 0.3) is 0 Å². The van der Waals surface area contributed by atoms with Gasteiger partial charge in [-0.2, -0.15) is 0 Å². The standard InChI is InChI=1S/C15H18BrFN2S/c1-4-13-14(8-18-9(2)3)20-15(19-13)11-6-5-10(16)7-12(11)17/h5-7,9,18H,4,8H2,1-3H3. The smallest absolute Gasteiger partial charge is 0.134 e. The monoisotopic (exact) mass is 356 g/mol. The molecule has 0 unspecified atom stereocenters. The van der Waals surface area contributed by atoms with Gasteiger partial charge >= 0.3 is 0 Å². The van der Waals surface area contributed by atoms with Gasteiger partial charge in [-0.05, 0) is 24.6 Å². The first-order valence-corrected chi connectivity index (χ1v) is 8.29. The van der Waals surface area contributed by atoms with E-state index < -0.39 is 0 Å². The van der Waals surface area contributed by atoms with Gasteiger partial charge in [0.2, 0.25) is 0 Å². The van der Waals surface area contributed by atoms with E-state index in [1.54, 1.807) is 17.4 Å². The zero-order chi connectivity index (χ0) is 14.7. The summed E-state index contributed by atoms with van der Waals surface area (Å²) in [6.07, 6.45) is 0.865. The van der Waals surface area contributed by atoms with E-state index in [4.69, 9.17) is 0 Å². The maximum absolute atomic E-state index is 14.0. The predicted molar refractivity (Wildman–Crippen MR) is 86.6 cm³/mol. The van der Waals surface area contributed by atoms with Gasteiger partial charge in [0, 0.05) is 27.5 Å². The molecule has 0 aliphatic carbocycles. The first kappa shape index (κ1) is 15.6. The number of benzene rings is 1. The number of nitrogens with zero attached hydrogens (tertiary/aromatic N) is 1. The molecule has 0 radical (unpaired) electrons. The summed E-state index contributed by atoms with van der Waals surface area (Å²) in [7, 11) is 0. The second kappa shape index (κ2) is 6.78. The van der Waals surface area contributed by atoms with Crippen molar-refractivity contribution >= 4 is 27.3 Å². The van der Waals surface area contributed by atoms with Gasteiger partial charge in [0.05, 0.1) is 5.69 Å². The second-order valence-electron chi connectivity index (χ2n) is 4.90. The maximum Gasteiger partial charge on any atom is 0.134 e. The van der Waals surface area contributed by atoms with E-state index in [0.29, 0.717) is 11.6 Å². The third-order valence-electron chi connectivity index (χ3n) is 2.95. The number of halogens is 2. The summed E-state index contributed by atoms with van der Waals surface area (Å²) in [5, 5.41) is 4.15. The van der Waals surface area contributed by atoms with Crippen LogP contribution in [0.5, 0.6) is 0 Å². The summed E-state index contributed by atoms with van der Waals surface area (Å²) in [5.74, 6) is -0.237. The molecule has 0 spiro atoms. The van der Waals surface area contributed by atoms with E-state index in [0.717, 1.165) is 28.1 Å². The first-order chi connectivity index (χ1) is 9.51. The summed E-state index contributed by atoms with van der Waals surface area (Å²) >= 11 is 4.85. The quantitative estimate of drug-likeness (QED) is 0.834. The van der Waals surface area contributed by atoms with Crippen molar-refractivity contribution in [3.63, 3.8) is 0 Å². The molecule has 2 rings (SSSR count). The number of rotatable bonds is 5. The van der Waals surface area contributed by atoms with Crippen LogP contribution in [0.1, 0.15) is 31.3 Å². The molecule has 5 heteroatoms. The van der Waals surface area contributed by atoms with Crippen LogP contribution in [0.2, 0.25) is 0 Å². The Morgan fingerprint density at radius 3 is 2.75 bits per heavy atom. The molecule has 1 aromatic heterocycles. The third-order valence-corrected chi connectivity index (χ3v) is 4.57. The van der Waals surface area contributed by atoms with E-state index in [1.807, 2.05) is 6.07 Å². The number of hydrogen-bond donors (Lipinski definition) is 1. The van der Waals surface area contributed by atoms with Crippen molar-refractivity contribution in [2.75, 3.05) is 0 Å². The molecule has 0 saturated heterocycles. The van der Waals surface area contributed by atoms with Gasteiger partial charge in [-0.3, -0.25) is 0 Å². The Hall–Kier alpha value is -0.780. The molecule has 0 fully saturated rings. The molecule has 0 aliphatic heterocycles. The fraction of sp³-hybridized carbons (Fsp3) is 0.400. The van der Waals surface area contributed by atoms with Crippen LogP contribution < -0.4 is 5.32 Å². The van der Waals surface area contributed by atoms with Crippen LogP contribution in [0.15, 0.2) is 22.7 Å². The Morgan fingerprint density at radius 2 is 2.15 bits per heavy atom. The topological polar surface area (TPSA) is 24.9 Å². The van der Waals surface area contributed by atoms with Gasteiger partial charge < -0.3 is 5.32 Å². The minimum Gasteiger partial charge on any atom is -0.310 e. The molecule has 1 heterocycles. The van der Waals surface area contributed by atoms with Crippen LogP contribution in [-0.4, -0.2) is 11.0 Å². The lowest BCUT2D eigenvalue weighted by Gasteiger charge is -2.06. The van der Waals surface area contributed by atoms with E-state index in [-0.39, 0.29) is 5.82 Å². The number of aromatic nitrogens is 1. The van der Waals surface area contributed by atoms with Gasteiger partial charge in [-0.15, -0.1) is 11.3 Å². The van der Waals surface area contributed by atoms with E-state index in [1.165, 1.54) is 10.9 Å². The van der Waals surface area contributed by atoms with Crippen molar-refractivity contribution < 1.29 is 4.39 Å². The minimum atomic E-state index is -0.237. The Balaban J connectivity index is 2.33. The summed E-state index contributed by atoms with van der Waals surface area (Å²) in [4.78, 5) is 5.78. The minimum absolute atomic E-state index is 0.237. The molecule has 2 nitrogen and oxygen atoms in total. The SMILES string of the molecule is CCc1nc(-c2ccc(Br)cc2F)sc1CNC(C)C. The highest BCUT2D eigenvalue weighted by molar-refractivity contribution is 9.10. The van der Waals surface area contributed by atoms with Crippen LogP contribution in [0.4, 0.5) is 4.39 Å². The molecule has 1 N–H and O–H groups in total. The highest BCUT2D eigenvalue weighted by atomic mass is 79.9. The highest BCUT2D eigenvalue weighted by Crippen LogP contribution is 2.31. The molecule has 0 saturated carbocycles. The zero-order valence-corrected chi connectivity index (χ0v) is 14.2. The normalized spacial score (nSPS) is 11.3. The number of nitrogens with one attached hydrogen (secondary N) is 1. The summed E-state index contributed by atoms with van der Waals surface area (Å²) in [6, 6.07) is 5.53.